The number of rotatable bonds is 6. The van der Waals surface area contributed by atoms with E-state index in [-0.39, 0.29) is 0 Å². The third-order valence-electron chi connectivity index (χ3n) is 9.44. The number of hydrogen-bond acceptors (Lipinski definition) is 5. The normalized spacial score (nSPS) is 12.7. The maximum atomic E-state index is 8.49. The van der Waals surface area contributed by atoms with Crippen molar-refractivity contribution >= 4 is 44.4 Å². The van der Waals surface area contributed by atoms with Crippen LogP contribution in [0.1, 0.15) is 25.0 Å². The summed E-state index contributed by atoms with van der Waals surface area (Å²) in [7, 11) is -2.82. The third-order valence-corrected chi connectivity index (χ3v) is 9.44. The standard InChI is InChI=1S/C42H36N3.ClHO4/c1-4-44-38-17-11-9-15-34(38)36-27-30(21-25-40(36)44)42(29-19-23-33(24-20-29)43(3)32-13-7-6-8-14-32)31-22-26-41-37(28-31)35-16-10-12-18-39(35)45(41)5-2;2-1(3,4)5/h6-28H,4-5H2,1-3H3;(H,2,3,4,5)/q+1;/p-1. The Morgan fingerprint density at radius 2 is 1.24 bits per heavy atom. The van der Waals surface area contributed by atoms with E-state index in [2.05, 4.69) is 174 Å². The predicted octanol–water partition coefficient (Wildman–Crippen LogP) is 3.90. The fourth-order valence-corrected chi connectivity index (χ4v) is 7.25. The Hall–Kier alpha value is -5.28. The maximum absolute atomic E-state index is 8.49. The summed E-state index contributed by atoms with van der Waals surface area (Å²) in [6.45, 7) is 6.34. The topological polar surface area (TPSA) is 103 Å². The van der Waals surface area contributed by atoms with Gasteiger partial charge in [-0.2, -0.15) is 4.58 Å². The Morgan fingerprint density at radius 1 is 0.620 bits per heavy atom. The van der Waals surface area contributed by atoms with Crippen molar-refractivity contribution < 1.29 is 28.9 Å². The number of halogens is 1. The summed E-state index contributed by atoms with van der Waals surface area (Å²) in [5.74, 6) is 0. The van der Waals surface area contributed by atoms with E-state index in [0.29, 0.717) is 0 Å². The van der Waals surface area contributed by atoms with Crippen LogP contribution in [0.3, 0.4) is 0 Å². The van der Waals surface area contributed by atoms with Gasteiger partial charge in [0.15, 0.2) is 0 Å². The first-order valence-electron chi connectivity index (χ1n) is 16.6. The van der Waals surface area contributed by atoms with E-state index in [4.69, 9.17) is 18.6 Å². The lowest BCUT2D eigenvalue weighted by atomic mass is 9.92. The van der Waals surface area contributed by atoms with Gasteiger partial charge in [-0.15, -0.1) is 10.2 Å². The fraction of sp³-hybridized carbons (Fsp3) is 0.119. The number of para-hydroxylation sites is 3. The molecular formula is C42H36ClN3O4. The molecule has 0 unspecified atom stereocenters. The number of fused-ring (bicyclic) bond motifs is 6. The molecule has 1 aliphatic rings. The number of aryl methyl sites for hydroxylation is 1. The van der Waals surface area contributed by atoms with Crippen molar-refractivity contribution in [1.82, 2.24) is 9.14 Å². The van der Waals surface area contributed by atoms with Crippen molar-refractivity contribution in [3.63, 3.8) is 0 Å². The Morgan fingerprint density at radius 3 is 1.96 bits per heavy atom. The molecule has 8 rings (SSSR count). The highest BCUT2D eigenvalue weighted by Crippen LogP contribution is 2.34. The van der Waals surface area contributed by atoms with Crippen molar-refractivity contribution in [2.45, 2.75) is 20.4 Å². The molecule has 7 nitrogen and oxygen atoms in total. The van der Waals surface area contributed by atoms with Gasteiger partial charge in [-0.05, 0) is 96.4 Å². The maximum Gasteiger partial charge on any atom is 0.213 e. The van der Waals surface area contributed by atoms with Crippen molar-refractivity contribution in [3.05, 3.63) is 161 Å². The van der Waals surface area contributed by atoms with E-state index in [0.717, 1.165) is 18.8 Å². The third kappa shape index (κ3) is 6.29. The van der Waals surface area contributed by atoms with Crippen LogP contribution in [0.2, 0.25) is 0 Å². The van der Waals surface area contributed by atoms with Gasteiger partial charge in [0.05, 0.1) is 11.1 Å². The van der Waals surface area contributed by atoms with Crippen LogP contribution in [0.15, 0.2) is 140 Å². The average molecular weight is 682 g/mol. The van der Waals surface area contributed by atoms with Crippen molar-refractivity contribution in [1.29, 1.82) is 0 Å². The number of aromatic nitrogens is 1. The first kappa shape index (κ1) is 33.2. The van der Waals surface area contributed by atoms with Gasteiger partial charge in [0.25, 0.3) is 0 Å². The van der Waals surface area contributed by atoms with Crippen LogP contribution in [0, 0.1) is 10.2 Å². The van der Waals surface area contributed by atoms with Gasteiger partial charge in [-0.1, -0.05) is 66.7 Å². The minimum absolute atomic E-state index is 0.939. The van der Waals surface area contributed by atoms with E-state index < -0.39 is 10.2 Å². The van der Waals surface area contributed by atoms with Gasteiger partial charge in [-0.25, -0.2) is 18.6 Å². The molecule has 7 aromatic rings. The lowest BCUT2D eigenvalue weighted by molar-refractivity contribution is -2.00. The average Bonchev–Trinajstić information content (AvgIpc) is 3.63. The van der Waals surface area contributed by atoms with Gasteiger partial charge in [0.2, 0.25) is 11.0 Å². The van der Waals surface area contributed by atoms with Crippen LogP contribution in [0.4, 0.5) is 17.1 Å². The molecule has 0 bridgehead atoms. The smallest absolute Gasteiger partial charge is 0.213 e. The molecule has 1 aromatic heterocycles. The zero-order valence-electron chi connectivity index (χ0n) is 28.0. The minimum Gasteiger partial charge on any atom is -0.345 e. The molecule has 2 heterocycles. The summed E-state index contributed by atoms with van der Waals surface area (Å²) in [6.07, 6.45) is 0. The number of hydrogen-bond donors (Lipinski definition) is 0. The highest BCUT2D eigenvalue weighted by Gasteiger charge is 2.26. The van der Waals surface area contributed by atoms with E-state index in [1.165, 1.54) is 71.6 Å². The summed E-state index contributed by atoms with van der Waals surface area (Å²) in [4.78, 5) is 2.24. The summed E-state index contributed by atoms with van der Waals surface area (Å²) < 4.78 is 38.8. The van der Waals surface area contributed by atoms with Crippen LogP contribution in [0.5, 0.6) is 0 Å². The van der Waals surface area contributed by atoms with E-state index in [1.54, 1.807) is 0 Å². The van der Waals surface area contributed by atoms with Gasteiger partial charge >= 0.3 is 0 Å². The SMILES string of the molecule is CCn1c2ccccc2c2cc(C(c3ccc(N(C)c4ccccc4)cc3)=c3ccc4c(c3)-c3ccccc3[N+]=4CC)ccc21.[O-][Cl+3]([O-])([O-])[O-]. The molecule has 0 fully saturated rings. The second-order valence-corrected chi connectivity index (χ2v) is 12.9. The van der Waals surface area contributed by atoms with Crippen LogP contribution < -0.4 is 38.7 Å². The Labute approximate surface area is 292 Å². The van der Waals surface area contributed by atoms with Crippen LogP contribution >= 0.6 is 0 Å². The minimum atomic E-state index is -4.94. The van der Waals surface area contributed by atoms with Crippen LogP contribution in [-0.2, 0) is 6.54 Å². The second kappa shape index (κ2) is 13.6. The zero-order valence-corrected chi connectivity index (χ0v) is 28.8. The van der Waals surface area contributed by atoms with Gasteiger partial charge in [0, 0.05) is 58.9 Å². The molecule has 0 N–H and O–H groups in total. The second-order valence-electron chi connectivity index (χ2n) is 12.2. The molecule has 0 amide bonds. The first-order valence-corrected chi connectivity index (χ1v) is 17.8. The highest BCUT2D eigenvalue weighted by molar-refractivity contribution is 6.09. The molecular weight excluding hydrogens is 646 g/mol. The molecule has 0 atom stereocenters. The molecule has 0 radical (unpaired) electrons. The Kier molecular flexibility index (Phi) is 9.01. The van der Waals surface area contributed by atoms with Crippen LogP contribution in [-0.4, -0.2) is 18.2 Å². The molecule has 0 saturated carbocycles. The molecule has 0 spiro atoms. The van der Waals surface area contributed by atoms with Gasteiger partial charge in [-0.3, -0.25) is 0 Å². The molecule has 250 valence electrons. The molecule has 6 aromatic carbocycles. The number of nitrogens with zero attached hydrogens (tertiary/aromatic N) is 3. The van der Waals surface area contributed by atoms with Crippen LogP contribution in [0.25, 0.3) is 38.5 Å². The largest absolute Gasteiger partial charge is 0.345 e. The fourth-order valence-electron chi connectivity index (χ4n) is 7.25. The molecule has 0 aliphatic carbocycles. The highest BCUT2D eigenvalue weighted by atomic mass is 35.7. The lowest BCUT2D eigenvalue weighted by Gasteiger charge is -2.20. The zero-order chi connectivity index (χ0) is 35.0. The Balaban J connectivity index is 0.000000734. The summed E-state index contributed by atoms with van der Waals surface area (Å²) in [6, 6.07) is 51.2. The molecule has 0 saturated heterocycles. The van der Waals surface area contributed by atoms with Crippen molar-refractivity contribution in [2.75, 3.05) is 18.5 Å². The number of benzene rings is 6. The quantitative estimate of drug-likeness (QED) is 0.248. The molecule has 8 heteroatoms. The first-order chi connectivity index (χ1) is 24.2. The summed E-state index contributed by atoms with van der Waals surface area (Å²) in [5, 5.41) is 5.11. The van der Waals surface area contributed by atoms with Gasteiger partial charge < -0.3 is 9.47 Å². The van der Waals surface area contributed by atoms with Crippen molar-refractivity contribution in [2.24, 2.45) is 0 Å². The van der Waals surface area contributed by atoms with Crippen molar-refractivity contribution in [3.8, 4) is 11.1 Å². The van der Waals surface area contributed by atoms with E-state index in [9.17, 15) is 0 Å². The monoisotopic (exact) mass is 681 g/mol. The van der Waals surface area contributed by atoms with Gasteiger partial charge in [0.1, 0.15) is 6.54 Å². The molecule has 50 heavy (non-hydrogen) atoms. The summed E-state index contributed by atoms with van der Waals surface area (Å²) in [5.41, 5.74) is 12.5. The lowest BCUT2D eigenvalue weighted by Crippen LogP contribution is -2.68. The predicted molar refractivity (Wildman–Crippen MR) is 190 cm³/mol. The van der Waals surface area contributed by atoms with E-state index >= 15 is 0 Å². The number of anilines is 2. The van der Waals surface area contributed by atoms with E-state index in [1.807, 2.05) is 0 Å². The Bertz CT molecular complexity index is 2460. The summed E-state index contributed by atoms with van der Waals surface area (Å²) >= 11 is 0. The molecule has 1 aliphatic heterocycles.